The van der Waals surface area contributed by atoms with Crippen LogP contribution in [-0.4, -0.2) is 0 Å². The highest BCUT2D eigenvalue weighted by molar-refractivity contribution is 5.21. The fourth-order valence-electron chi connectivity index (χ4n) is 0.721. The number of rotatable bonds is 6. The standard InChI is InChI=1S/C13H18O/c1-6-7-8-12(4)14-13(5)10-9-11(2)3/h7-10H,2,4-6H2,1,3H3/b8-7-,10-9-. The topological polar surface area (TPSA) is 9.23 Å². The van der Waals surface area contributed by atoms with Gasteiger partial charge in [0, 0.05) is 0 Å². The summed E-state index contributed by atoms with van der Waals surface area (Å²) in [4.78, 5) is 0. The lowest BCUT2D eigenvalue weighted by molar-refractivity contribution is 0.340. The highest BCUT2D eigenvalue weighted by Gasteiger charge is 1.90. The Morgan fingerprint density at radius 2 is 1.64 bits per heavy atom. The van der Waals surface area contributed by atoms with Crippen LogP contribution in [0.25, 0.3) is 0 Å². The molecule has 14 heavy (non-hydrogen) atoms. The Morgan fingerprint density at radius 3 is 2.14 bits per heavy atom. The molecular weight excluding hydrogens is 172 g/mol. The second-order valence-corrected chi connectivity index (χ2v) is 3.02. The van der Waals surface area contributed by atoms with Gasteiger partial charge in [0.2, 0.25) is 0 Å². The first-order valence-corrected chi connectivity index (χ1v) is 4.62. The van der Waals surface area contributed by atoms with E-state index in [0.29, 0.717) is 11.5 Å². The number of hydrogen-bond acceptors (Lipinski definition) is 1. The quantitative estimate of drug-likeness (QED) is 0.452. The van der Waals surface area contributed by atoms with Crippen molar-refractivity contribution in [2.24, 2.45) is 0 Å². The van der Waals surface area contributed by atoms with Crippen LogP contribution in [0.4, 0.5) is 0 Å². The van der Waals surface area contributed by atoms with Crippen LogP contribution < -0.4 is 0 Å². The second-order valence-electron chi connectivity index (χ2n) is 3.02. The first kappa shape index (κ1) is 12.5. The predicted molar refractivity (Wildman–Crippen MR) is 62.8 cm³/mol. The van der Waals surface area contributed by atoms with Crippen molar-refractivity contribution in [2.45, 2.75) is 20.3 Å². The van der Waals surface area contributed by atoms with Crippen molar-refractivity contribution in [1.82, 2.24) is 0 Å². The SMILES string of the molecule is C=C(C)/C=C\C(=C)OC(=C)/C=C\CC. The third-order valence-electron chi connectivity index (χ3n) is 1.36. The monoisotopic (exact) mass is 190 g/mol. The van der Waals surface area contributed by atoms with Crippen molar-refractivity contribution < 1.29 is 4.74 Å². The average Bonchev–Trinajstić information content (AvgIpc) is 2.11. The van der Waals surface area contributed by atoms with Gasteiger partial charge in [-0.3, -0.25) is 0 Å². The van der Waals surface area contributed by atoms with Gasteiger partial charge in [-0.05, 0) is 25.5 Å². The van der Waals surface area contributed by atoms with E-state index >= 15 is 0 Å². The molecule has 0 amide bonds. The molecule has 0 saturated carbocycles. The molecule has 0 rings (SSSR count). The summed E-state index contributed by atoms with van der Waals surface area (Å²) in [5.41, 5.74) is 0.962. The maximum Gasteiger partial charge on any atom is 0.120 e. The van der Waals surface area contributed by atoms with E-state index in [1.54, 1.807) is 6.08 Å². The molecule has 0 saturated heterocycles. The van der Waals surface area contributed by atoms with Crippen molar-refractivity contribution in [1.29, 1.82) is 0 Å². The third-order valence-corrected chi connectivity index (χ3v) is 1.36. The van der Waals surface area contributed by atoms with E-state index in [1.165, 1.54) is 0 Å². The highest BCUT2D eigenvalue weighted by atomic mass is 16.5. The van der Waals surface area contributed by atoms with Gasteiger partial charge in [0.15, 0.2) is 0 Å². The fourth-order valence-corrected chi connectivity index (χ4v) is 0.721. The van der Waals surface area contributed by atoms with E-state index in [2.05, 4.69) is 26.7 Å². The van der Waals surface area contributed by atoms with Gasteiger partial charge >= 0.3 is 0 Å². The van der Waals surface area contributed by atoms with Crippen LogP contribution in [0.2, 0.25) is 0 Å². The van der Waals surface area contributed by atoms with Crippen LogP contribution in [0, 0.1) is 0 Å². The molecule has 1 heteroatoms. The summed E-state index contributed by atoms with van der Waals surface area (Å²) >= 11 is 0. The molecule has 0 heterocycles. The van der Waals surface area contributed by atoms with E-state index in [4.69, 9.17) is 4.74 Å². The molecule has 0 N–H and O–H groups in total. The summed E-state index contributed by atoms with van der Waals surface area (Å²) in [6.07, 6.45) is 8.40. The molecule has 0 aliphatic heterocycles. The zero-order valence-corrected chi connectivity index (χ0v) is 9.05. The van der Waals surface area contributed by atoms with Crippen molar-refractivity contribution in [3.63, 3.8) is 0 Å². The van der Waals surface area contributed by atoms with Crippen LogP contribution in [0.5, 0.6) is 0 Å². The molecule has 0 aliphatic carbocycles. The first-order chi connectivity index (χ1) is 6.56. The van der Waals surface area contributed by atoms with Crippen molar-refractivity contribution in [3.05, 3.63) is 61.1 Å². The zero-order chi connectivity index (χ0) is 11.0. The van der Waals surface area contributed by atoms with E-state index in [9.17, 15) is 0 Å². The molecule has 0 aromatic rings. The normalized spacial score (nSPS) is 10.7. The van der Waals surface area contributed by atoms with E-state index in [0.717, 1.165) is 12.0 Å². The van der Waals surface area contributed by atoms with Gasteiger partial charge in [-0.1, -0.05) is 44.4 Å². The molecular formula is C13H18O. The molecule has 0 fully saturated rings. The zero-order valence-electron chi connectivity index (χ0n) is 9.05. The van der Waals surface area contributed by atoms with Crippen LogP contribution >= 0.6 is 0 Å². The Hall–Kier alpha value is -1.50. The Bertz CT molecular complexity index is 280. The van der Waals surface area contributed by atoms with Gasteiger partial charge in [0.25, 0.3) is 0 Å². The van der Waals surface area contributed by atoms with Gasteiger partial charge < -0.3 is 4.74 Å². The second kappa shape index (κ2) is 6.96. The minimum Gasteiger partial charge on any atom is -0.459 e. The maximum absolute atomic E-state index is 5.30. The lowest BCUT2D eigenvalue weighted by Gasteiger charge is -2.03. The lowest BCUT2D eigenvalue weighted by atomic mass is 10.3. The Kier molecular flexibility index (Phi) is 6.21. The minimum absolute atomic E-state index is 0.568. The number of hydrogen-bond donors (Lipinski definition) is 0. The van der Waals surface area contributed by atoms with Crippen molar-refractivity contribution in [3.8, 4) is 0 Å². The molecule has 76 valence electrons. The molecule has 0 bridgehead atoms. The molecule has 0 aliphatic rings. The third kappa shape index (κ3) is 7.17. The Labute approximate surface area is 86.8 Å². The average molecular weight is 190 g/mol. The molecule has 0 aromatic carbocycles. The van der Waals surface area contributed by atoms with Crippen LogP contribution in [0.15, 0.2) is 61.1 Å². The lowest BCUT2D eigenvalue weighted by Crippen LogP contribution is -1.84. The van der Waals surface area contributed by atoms with Gasteiger partial charge in [-0.15, -0.1) is 0 Å². The van der Waals surface area contributed by atoms with Gasteiger partial charge in [-0.2, -0.15) is 0 Å². The molecule has 0 unspecified atom stereocenters. The fraction of sp³-hybridized carbons (Fsp3) is 0.231. The summed E-state index contributed by atoms with van der Waals surface area (Å²) < 4.78 is 5.30. The molecule has 0 radical (unpaired) electrons. The highest BCUT2D eigenvalue weighted by Crippen LogP contribution is 2.06. The summed E-state index contributed by atoms with van der Waals surface area (Å²) in [6.45, 7) is 15.2. The molecule has 0 atom stereocenters. The molecule has 0 aromatic heterocycles. The summed E-state index contributed by atoms with van der Waals surface area (Å²) in [7, 11) is 0. The molecule has 1 nitrogen and oxygen atoms in total. The van der Waals surface area contributed by atoms with Gasteiger partial charge in [0.05, 0.1) is 0 Å². The molecule has 0 spiro atoms. The van der Waals surface area contributed by atoms with Gasteiger partial charge in [0.1, 0.15) is 11.5 Å². The maximum atomic E-state index is 5.30. The Balaban J connectivity index is 4.01. The minimum atomic E-state index is 0.568. The van der Waals surface area contributed by atoms with Gasteiger partial charge in [-0.25, -0.2) is 0 Å². The Morgan fingerprint density at radius 1 is 1.07 bits per heavy atom. The first-order valence-electron chi connectivity index (χ1n) is 4.62. The van der Waals surface area contributed by atoms with Crippen LogP contribution in [0.1, 0.15) is 20.3 Å². The van der Waals surface area contributed by atoms with Crippen LogP contribution in [-0.2, 0) is 4.74 Å². The summed E-state index contributed by atoms with van der Waals surface area (Å²) in [6, 6.07) is 0. The summed E-state index contributed by atoms with van der Waals surface area (Å²) in [5.74, 6) is 1.17. The number of ether oxygens (including phenoxy) is 1. The van der Waals surface area contributed by atoms with Crippen molar-refractivity contribution >= 4 is 0 Å². The van der Waals surface area contributed by atoms with Crippen LogP contribution in [0.3, 0.4) is 0 Å². The van der Waals surface area contributed by atoms with Crippen molar-refractivity contribution in [2.75, 3.05) is 0 Å². The summed E-state index contributed by atoms with van der Waals surface area (Å²) in [5, 5.41) is 0. The van der Waals surface area contributed by atoms with E-state index < -0.39 is 0 Å². The largest absolute Gasteiger partial charge is 0.459 e. The number of allylic oxidation sites excluding steroid dienone is 5. The van der Waals surface area contributed by atoms with E-state index in [-0.39, 0.29) is 0 Å². The smallest absolute Gasteiger partial charge is 0.120 e. The van der Waals surface area contributed by atoms with E-state index in [1.807, 2.05) is 25.2 Å². The predicted octanol–water partition coefficient (Wildman–Crippen LogP) is 4.13.